The summed E-state index contributed by atoms with van der Waals surface area (Å²) in [5.74, 6) is -0.638. The van der Waals surface area contributed by atoms with E-state index in [9.17, 15) is 17.6 Å². The van der Waals surface area contributed by atoms with E-state index in [0.717, 1.165) is 0 Å². The summed E-state index contributed by atoms with van der Waals surface area (Å²) in [6.45, 7) is 2.00. The van der Waals surface area contributed by atoms with Crippen LogP contribution in [0, 0.1) is 12.7 Å². The van der Waals surface area contributed by atoms with Crippen LogP contribution in [0.25, 0.3) is 0 Å². The zero-order chi connectivity index (χ0) is 19.3. The van der Waals surface area contributed by atoms with Crippen LogP contribution in [0.15, 0.2) is 47.4 Å². The van der Waals surface area contributed by atoms with E-state index in [1.165, 1.54) is 19.2 Å². The van der Waals surface area contributed by atoms with Gasteiger partial charge in [-0.15, -0.1) is 0 Å². The number of hydrogen-bond donors (Lipinski definition) is 2. The third-order valence-electron chi connectivity index (χ3n) is 3.84. The minimum atomic E-state index is -3.61. The average Bonchev–Trinajstić information content (AvgIpc) is 2.58. The van der Waals surface area contributed by atoms with Crippen molar-refractivity contribution in [2.75, 3.05) is 26.0 Å². The third-order valence-corrected chi connectivity index (χ3v) is 5.40. The van der Waals surface area contributed by atoms with Crippen LogP contribution in [-0.2, 0) is 21.4 Å². The first kappa shape index (κ1) is 20.0. The molecule has 2 aromatic carbocycles. The molecule has 26 heavy (non-hydrogen) atoms. The molecule has 0 unspecified atom stereocenters. The molecular formula is C18H22FN3O3S. The van der Waals surface area contributed by atoms with Gasteiger partial charge in [0.25, 0.3) is 0 Å². The molecule has 140 valence electrons. The maximum absolute atomic E-state index is 13.7. The molecule has 0 fully saturated rings. The van der Waals surface area contributed by atoms with Crippen molar-refractivity contribution < 1.29 is 17.6 Å². The number of carbonyl (C=O) groups excluding carboxylic acids is 1. The minimum Gasteiger partial charge on any atom is -0.325 e. The summed E-state index contributed by atoms with van der Waals surface area (Å²) in [5.41, 5.74) is 1.46. The lowest BCUT2D eigenvalue weighted by molar-refractivity contribution is -0.117. The van der Waals surface area contributed by atoms with Crippen molar-refractivity contribution in [3.05, 3.63) is 59.4 Å². The molecule has 0 heterocycles. The third kappa shape index (κ3) is 5.10. The Bertz CT molecular complexity index is 900. The summed E-state index contributed by atoms with van der Waals surface area (Å²) >= 11 is 0. The van der Waals surface area contributed by atoms with Gasteiger partial charge in [0, 0.05) is 17.8 Å². The number of sulfonamides is 1. The van der Waals surface area contributed by atoms with Crippen LogP contribution < -0.4 is 10.0 Å². The van der Waals surface area contributed by atoms with Gasteiger partial charge in [-0.3, -0.25) is 9.69 Å². The number of nitrogens with one attached hydrogen (secondary N) is 2. The van der Waals surface area contributed by atoms with Gasteiger partial charge < -0.3 is 5.32 Å². The van der Waals surface area contributed by atoms with E-state index in [0.29, 0.717) is 16.8 Å². The van der Waals surface area contributed by atoms with E-state index in [-0.39, 0.29) is 29.7 Å². The van der Waals surface area contributed by atoms with Crippen LogP contribution in [0.3, 0.4) is 0 Å². The highest BCUT2D eigenvalue weighted by Crippen LogP contribution is 2.20. The monoisotopic (exact) mass is 379 g/mol. The molecule has 0 atom stereocenters. The number of carbonyl (C=O) groups is 1. The molecule has 0 aliphatic rings. The highest BCUT2D eigenvalue weighted by atomic mass is 32.2. The molecule has 0 aliphatic carbocycles. The summed E-state index contributed by atoms with van der Waals surface area (Å²) in [6.07, 6.45) is 0. The van der Waals surface area contributed by atoms with Crippen LogP contribution in [-0.4, -0.2) is 39.9 Å². The predicted molar refractivity (Wildman–Crippen MR) is 98.8 cm³/mol. The highest BCUT2D eigenvalue weighted by Gasteiger charge is 2.16. The molecule has 2 rings (SSSR count). The summed E-state index contributed by atoms with van der Waals surface area (Å²) in [5, 5.41) is 2.67. The fourth-order valence-corrected chi connectivity index (χ4v) is 3.49. The largest absolute Gasteiger partial charge is 0.325 e. The van der Waals surface area contributed by atoms with Crippen molar-refractivity contribution in [1.82, 2.24) is 9.62 Å². The first-order valence-corrected chi connectivity index (χ1v) is 9.47. The van der Waals surface area contributed by atoms with Crippen molar-refractivity contribution in [3.8, 4) is 0 Å². The Morgan fingerprint density at radius 2 is 1.88 bits per heavy atom. The van der Waals surface area contributed by atoms with Crippen molar-refractivity contribution in [1.29, 1.82) is 0 Å². The van der Waals surface area contributed by atoms with Gasteiger partial charge in [-0.2, -0.15) is 0 Å². The number of benzene rings is 2. The number of anilines is 1. The molecule has 8 heteroatoms. The number of rotatable bonds is 7. The topological polar surface area (TPSA) is 78.5 Å². The zero-order valence-corrected chi connectivity index (χ0v) is 15.7. The van der Waals surface area contributed by atoms with Crippen LogP contribution >= 0.6 is 0 Å². The van der Waals surface area contributed by atoms with Crippen LogP contribution in [0.1, 0.15) is 11.1 Å². The second-order valence-electron chi connectivity index (χ2n) is 6.00. The molecular weight excluding hydrogens is 357 g/mol. The molecule has 6 nitrogen and oxygen atoms in total. The van der Waals surface area contributed by atoms with Crippen LogP contribution in [0.5, 0.6) is 0 Å². The Kier molecular flexibility index (Phi) is 6.47. The van der Waals surface area contributed by atoms with Gasteiger partial charge in [-0.1, -0.05) is 24.3 Å². The number of nitrogens with zero attached hydrogens (tertiary/aromatic N) is 1. The molecule has 2 N–H and O–H groups in total. The minimum absolute atomic E-state index is 0.0380. The van der Waals surface area contributed by atoms with E-state index < -0.39 is 10.0 Å². The Morgan fingerprint density at radius 3 is 2.54 bits per heavy atom. The predicted octanol–water partition coefficient (Wildman–Crippen LogP) is 2.11. The molecule has 0 aromatic heterocycles. The van der Waals surface area contributed by atoms with Gasteiger partial charge in [-0.05, 0) is 44.8 Å². The van der Waals surface area contributed by atoms with E-state index >= 15 is 0 Å². The molecule has 0 bridgehead atoms. The Labute approximate surface area is 153 Å². The fourth-order valence-electron chi connectivity index (χ4n) is 2.50. The summed E-state index contributed by atoms with van der Waals surface area (Å²) < 4.78 is 39.9. The lowest BCUT2D eigenvalue weighted by Gasteiger charge is -2.17. The standard InChI is InChI=1S/C18H22FN3O3S/c1-13-8-9-15(10-17(13)26(24,25)20-2)21-18(23)12-22(3)11-14-6-4-5-7-16(14)19/h4-10,20H,11-12H2,1-3H3,(H,21,23). The first-order valence-electron chi connectivity index (χ1n) is 7.99. The fraction of sp³-hybridized carbons (Fsp3) is 0.278. The number of halogens is 1. The SMILES string of the molecule is CNS(=O)(=O)c1cc(NC(=O)CN(C)Cc2ccccc2F)ccc1C. The van der Waals surface area contributed by atoms with Crippen molar-refractivity contribution in [3.63, 3.8) is 0 Å². The number of likely N-dealkylation sites (N-methyl/N-ethyl adjacent to an activating group) is 1. The Balaban J connectivity index is 2.04. The molecule has 0 saturated carbocycles. The van der Waals surface area contributed by atoms with Crippen molar-refractivity contribution >= 4 is 21.6 Å². The van der Waals surface area contributed by atoms with E-state index in [4.69, 9.17) is 0 Å². The van der Waals surface area contributed by atoms with Gasteiger partial charge >= 0.3 is 0 Å². The molecule has 2 aromatic rings. The van der Waals surface area contributed by atoms with Gasteiger partial charge in [0.15, 0.2) is 0 Å². The lowest BCUT2D eigenvalue weighted by atomic mass is 10.2. The van der Waals surface area contributed by atoms with Gasteiger partial charge in [0.05, 0.1) is 11.4 Å². The highest BCUT2D eigenvalue weighted by molar-refractivity contribution is 7.89. The Morgan fingerprint density at radius 1 is 1.19 bits per heavy atom. The van der Waals surface area contributed by atoms with Crippen molar-refractivity contribution in [2.45, 2.75) is 18.4 Å². The molecule has 0 spiro atoms. The smallest absolute Gasteiger partial charge is 0.240 e. The maximum atomic E-state index is 13.7. The number of aryl methyl sites for hydroxylation is 1. The normalized spacial score (nSPS) is 11.6. The van der Waals surface area contributed by atoms with E-state index in [1.54, 1.807) is 49.2 Å². The summed E-state index contributed by atoms with van der Waals surface area (Å²) in [7, 11) is -0.572. The van der Waals surface area contributed by atoms with Crippen molar-refractivity contribution in [2.24, 2.45) is 0 Å². The molecule has 0 aliphatic heterocycles. The summed E-state index contributed by atoms with van der Waals surface area (Å²) in [6, 6.07) is 11.1. The van der Waals surface area contributed by atoms with Crippen LogP contribution in [0.2, 0.25) is 0 Å². The maximum Gasteiger partial charge on any atom is 0.240 e. The second-order valence-corrected chi connectivity index (χ2v) is 7.85. The number of hydrogen-bond acceptors (Lipinski definition) is 4. The average molecular weight is 379 g/mol. The second kappa shape index (κ2) is 8.39. The first-order chi connectivity index (χ1) is 12.2. The van der Waals surface area contributed by atoms with Gasteiger partial charge in [0.2, 0.25) is 15.9 Å². The summed E-state index contributed by atoms with van der Waals surface area (Å²) in [4.78, 5) is 14.0. The van der Waals surface area contributed by atoms with Gasteiger partial charge in [0.1, 0.15) is 5.82 Å². The van der Waals surface area contributed by atoms with E-state index in [2.05, 4.69) is 10.0 Å². The van der Waals surface area contributed by atoms with Gasteiger partial charge in [-0.25, -0.2) is 17.5 Å². The zero-order valence-electron chi connectivity index (χ0n) is 14.9. The lowest BCUT2D eigenvalue weighted by Crippen LogP contribution is -2.30. The molecule has 1 amide bonds. The quantitative estimate of drug-likeness (QED) is 0.772. The van der Waals surface area contributed by atoms with Crippen LogP contribution in [0.4, 0.5) is 10.1 Å². The number of amides is 1. The molecule has 0 radical (unpaired) electrons. The van der Waals surface area contributed by atoms with E-state index in [1.807, 2.05) is 0 Å². The molecule has 0 saturated heterocycles. The Hall–Kier alpha value is -2.29.